The third-order valence-corrected chi connectivity index (χ3v) is 4.83. The van der Waals surface area contributed by atoms with Crippen LogP contribution in [0.4, 0.5) is 0 Å². The number of halogens is 1. The van der Waals surface area contributed by atoms with Gasteiger partial charge >= 0.3 is 0 Å². The van der Waals surface area contributed by atoms with Gasteiger partial charge < -0.3 is 4.90 Å². The van der Waals surface area contributed by atoms with Gasteiger partial charge in [0.05, 0.1) is 5.75 Å². The van der Waals surface area contributed by atoms with Crippen LogP contribution in [0.3, 0.4) is 0 Å². The molecular weight excluding hydrogens is 290 g/mol. The van der Waals surface area contributed by atoms with Gasteiger partial charge in [0.1, 0.15) is 5.37 Å². The van der Waals surface area contributed by atoms with E-state index < -0.39 is 0 Å². The Bertz CT molecular complexity index is 600. The molecule has 20 heavy (non-hydrogen) atoms. The summed E-state index contributed by atoms with van der Waals surface area (Å²) in [4.78, 5) is 14.0. The van der Waals surface area contributed by atoms with Crippen molar-refractivity contribution < 1.29 is 4.79 Å². The molecular formula is C16H14ClNOS. The van der Waals surface area contributed by atoms with Crippen molar-refractivity contribution in [2.75, 3.05) is 5.75 Å². The van der Waals surface area contributed by atoms with Crippen LogP contribution in [-0.4, -0.2) is 16.6 Å². The van der Waals surface area contributed by atoms with Crippen molar-refractivity contribution in [2.45, 2.75) is 11.9 Å². The molecule has 0 N–H and O–H groups in total. The van der Waals surface area contributed by atoms with Crippen LogP contribution in [-0.2, 0) is 11.3 Å². The Morgan fingerprint density at radius 2 is 1.80 bits per heavy atom. The first-order valence-electron chi connectivity index (χ1n) is 6.44. The number of benzene rings is 2. The number of hydrogen-bond acceptors (Lipinski definition) is 2. The molecule has 1 heterocycles. The molecule has 4 heteroatoms. The Labute approximate surface area is 127 Å². The minimum absolute atomic E-state index is 0.111. The lowest BCUT2D eigenvalue weighted by atomic mass is 10.1. The van der Waals surface area contributed by atoms with Gasteiger partial charge in [0.2, 0.25) is 5.91 Å². The molecule has 0 spiro atoms. The summed E-state index contributed by atoms with van der Waals surface area (Å²) in [5, 5.41) is 0.829. The van der Waals surface area contributed by atoms with Crippen molar-refractivity contribution in [3.63, 3.8) is 0 Å². The summed E-state index contributed by atoms with van der Waals surface area (Å²) in [7, 11) is 0. The molecule has 0 bridgehead atoms. The van der Waals surface area contributed by atoms with E-state index in [4.69, 9.17) is 11.6 Å². The fourth-order valence-corrected chi connectivity index (χ4v) is 3.62. The van der Waals surface area contributed by atoms with Crippen LogP contribution < -0.4 is 0 Å². The average Bonchev–Trinajstić information content (AvgIpc) is 2.84. The predicted molar refractivity (Wildman–Crippen MR) is 83.6 cm³/mol. The fourth-order valence-electron chi connectivity index (χ4n) is 2.31. The molecule has 1 unspecified atom stereocenters. The second kappa shape index (κ2) is 5.90. The summed E-state index contributed by atoms with van der Waals surface area (Å²) >= 11 is 7.58. The molecule has 0 radical (unpaired) electrons. The van der Waals surface area contributed by atoms with Crippen LogP contribution in [0.5, 0.6) is 0 Å². The van der Waals surface area contributed by atoms with E-state index in [0.29, 0.717) is 12.3 Å². The number of amides is 1. The highest BCUT2D eigenvalue weighted by atomic mass is 35.5. The Hall–Kier alpha value is -1.45. The van der Waals surface area contributed by atoms with Crippen molar-refractivity contribution in [2.24, 2.45) is 0 Å². The first kappa shape index (κ1) is 13.5. The molecule has 1 atom stereocenters. The summed E-state index contributed by atoms with van der Waals surface area (Å²) in [5.41, 5.74) is 2.28. The SMILES string of the molecule is O=C1CSC(c2ccccc2)N1Cc1ccc(Cl)cc1. The third kappa shape index (κ3) is 2.84. The highest BCUT2D eigenvalue weighted by Crippen LogP contribution is 2.39. The summed E-state index contributed by atoms with van der Waals surface area (Å²) in [6.45, 7) is 0.628. The lowest BCUT2D eigenvalue weighted by molar-refractivity contribution is -0.128. The molecule has 1 saturated heterocycles. The maximum atomic E-state index is 12.1. The van der Waals surface area contributed by atoms with E-state index >= 15 is 0 Å². The topological polar surface area (TPSA) is 20.3 Å². The van der Waals surface area contributed by atoms with Gasteiger partial charge in [-0.25, -0.2) is 0 Å². The number of hydrogen-bond donors (Lipinski definition) is 0. The predicted octanol–water partition coefficient (Wildman–Crippen LogP) is 4.11. The summed E-state index contributed by atoms with van der Waals surface area (Å²) < 4.78 is 0. The van der Waals surface area contributed by atoms with Gasteiger partial charge in [0.15, 0.2) is 0 Å². The van der Waals surface area contributed by atoms with Crippen LogP contribution in [0.2, 0.25) is 5.02 Å². The van der Waals surface area contributed by atoms with E-state index in [9.17, 15) is 4.79 Å². The zero-order chi connectivity index (χ0) is 13.9. The van der Waals surface area contributed by atoms with Crippen LogP contribution in [0.1, 0.15) is 16.5 Å². The third-order valence-electron chi connectivity index (χ3n) is 3.32. The van der Waals surface area contributed by atoms with Crippen molar-refractivity contribution >= 4 is 29.3 Å². The highest BCUT2D eigenvalue weighted by Gasteiger charge is 2.32. The van der Waals surface area contributed by atoms with Gasteiger partial charge in [0, 0.05) is 11.6 Å². The van der Waals surface area contributed by atoms with E-state index in [1.807, 2.05) is 47.4 Å². The van der Waals surface area contributed by atoms with E-state index in [1.54, 1.807) is 11.8 Å². The second-order valence-corrected chi connectivity index (χ2v) is 6.23. The fraction of sp³-hybridized carbons (Fsp3) is 0.188. The lowest BCUT2D eigenvalue weighted by Crippen LogP contribution is -2.27. The van der Waals surface area contributed by atoms with Crippen molar-refractivity contribution in [3.05, 3.63) is 70.7 Å². The van der Waals surface area contributed by atoms with Gasteiger partial charge in [-0.15, -0.1) is 11.8 Å². The highest BCUT2D eigenvalue weighted by molar-refractivity contribution is 8.00. The second-order valence-electron chi connectivity index (χ2n) is 4.72. The van der Waals surface area contributed by atoms with Gasteiger partial charge in [-0.3, -0.25) is 4.79 Å². The van der Waals surface area contributed by atoms with Crippen molar-refractivity contribution in [1.82, 2.24) is 4.90 Å². The van der Waals surface area contributed by atoms with Crippen LogP contribution in [0.25, 0.3) is 0 Å². The normalized spacial score (nSPS) is 18.6. The number of nitrogens with zero attached hydrogens (tertiary/aromatic N) is 1. The summed E-state index contributed by atoms with van der Waals surface area (Å²) in [6.07, 6.45) is 0. The maximum Gasteiger partial charge on any atom is 0.234 e. The van der Waals surface area contributed by atoms with E-state index in [1.165, 1.54) is 5.56 Å². The molecule has 1 fully saturated rings. The first-order chi connectivity index (χ1) is 9.74. The lowest BCUT2D eigenvalue weighted by Gasteiger charge is -2.24. The Balaban J connectivity index is 1.82. The number of thioether (sulfide) groups is 1. The van der Waals surface area contributed by atoms with Gasteiger partial charge in [-0.2, -0.15) is 0 Å². The van der Waals surface area contributed by atoms with Crippen molar-refractivity contribution in [1.29, 1.82) is 0 Å². The monoisotopic (exact) mass is 303 g/mol. The molecule has 1 aliphatic rings. The molecule has 102 valence electrons. The maximum absolute atomic E-state index is 12.1. The Kier molecular flexibility index (Phi) is 3.99. The molecule has 2 aromatic carbocycles. The smallest absolute Gasteiger partial charge is 0.234 e. The largest absolute Gasteiger partial charge is 0.322 e. The number of carbonyl (C=O) groups is 1. The number of carbonyl (C=O) groups excluding carboxylic acids is 1. The van der Waals surface area contributed by atoms with Crippen molar-refractivity contribution in [3.8, 4) is 0 Å². The molecule has 0 aromatic heterocycles. The van der Waals surface area contributed by atoms with Crippen LogP contribution in [0.15, 0.2) is 54.6 Å². The zero-order valence-electron chi connectivity index (χ0n) is 10.8. The van der Waals surface area contributed by atoms with Gasteiger partial charge in [0.25, 0.3) is 0 Å². The molecule has 3 rings (SSSR count). The minimum Gasteiger partial charge on any atom is -0.322 e. The average molecular weight is 304 g/mol. The number of rotatable bonds is 3. The summed E-state index contributed by atoms with van der Waals surface area (Å²) in [5.74, 6) is 0.742. The quantitative estimate of drug-likeness (QED) is 0.850. The molecule has 0 saturated carbocycles. The summed E-state index contributed by atoms with van der Waals surface area (Å²) in [6, 6.07) is 17.8. The van der Waals surface area contributed by atoms with Crippen LogP contribution >= 0.6 is 23.4 Å². The van der Waals surface area contributed by atoms with Crippen LogP contribution in [0, 0.1) is 0 Å². The Morgan fingerprint density at radius 3 is 2.50 bits per heavy atom. The standard InChI is InChI=1S/C16H14ClNOS/c17-14-8-6-12(7-9-14)10-18-15(19)11-20-16(18)13-4-2-1-3-5-13/h1-9,16H,10-11H2. The van der Waals surface area contributed by atoms with Gasteiger partial charge in [-0.1, -0.05) is 54.1 Å². The van der Waals surface area contributed by atoms with E-state index in [-0.39, 0.29) is 11.3 Å². The molecule has 2 aromatic rings. The molecule has 0 aliphatic carbocycles. The van der Waals surface area contributed by atoms with Gasteiger partial charge in [-0.05, 0) is 23.3 Å². The molecule has 2 nitrogen and oxygen atoms in total. The molecule has 1 amide bonds. The zero-order valence-corrected chi connectivity index (χ0v) is 12.4. The molecule has 1 aliphatic heterocycles. The van der Waals surface area contributed by atoms with E-state index in [2.05, 4.69) is 12.1 Å². The van der Waals surface area contributed by atoms with E-state index in [0.717, 1.165) is 10.6 Å². The Morgan fingerprint density at radius 1 is 1.10 bits per heavy atom. The minimum atomic E-state index is 0.111. The first-order valence-corrected chi connectivity index (χ1v) is 7.87.